The normalized spacial score (nSPS) is 21.5. The quantitative estimate of drug-likeness (QED) is 0.658. The highest BCUT2D eigenvalue weighted by atomic mass is 32.1. The van der Waals surface area contributed by atoms with Crippen molar-refractivity contribution in [2.75, 3.05) is 6.61 Å². The van der Waals surface area contributed by atoms with Gasteiger partial charge >= 0.3 is 0 Å². The third-order valence-corrected chi connectivity index (χ3v) is 6.89. The number of nitrogens with two attached hydrogens (primary N) is 1. The van der Waals surface area contributed by atoms with Crippen LogP contribution in [0.3, 0.4) is 0 Å². The molecule has 2 aromatic rings. The van der Waals surface area contributed by atoms with Crippen molar-refractivity contribution in [2.45, 2.75) is 76.7 Å². The highest BCUT2D eigenvalue weighted by molar-refractivity contribution is 7.17. The molecule has 2 N–H and O–H groups in total. The van der Waals surface area contributed by atoms with Crippen LogP contribution in [0.4, 0.5) is 0 Å². The van der Waals surface area contributed by atoms with Gasteiger partial charge in [0.2, 0.25) is 0 Å². The van der Waals surface area contributed by atoms with Crippen molar-refractivity contribution in [1.82, 2.24) is 4.98 Å². The lowest BCUT2D eigenvalue weighted by molar-refractivity contribution is 0.303. The highest BCUT2D eigenvalue weighted by Gasteiger charge is 2.26. The van der Waals surface area contributed by atoms with Gasteiger partial charge in [0, 0.05) is 6.04 Å². The Bertz CT molecular complexity index is 755. The zero-order chi connectivity index (χ0) is 17.9. The molecule has 4 heteroatoms. The number of ether oxygens (including phenoxy) is 1. The minimum absolute atomic E-state index is 0.390. The van der Waals surface area contributed by atoms with E-state index in [0.717, 1.165) is 37.5 Å². The molecule has 1 aromatic heterocycles. The minimum atomic E-state index is 0.390. The van der Waals surface area contributed by atoms with Crippen LogP contribution in [0.15, 0.2) is 18.2 Å². The summed E-state index contributed by atoms with van der Waals surface area (Å²) in [6, 6.07) is 7.46. The first kappa shape index (κ1) is 18.0. The van der Waals surface area contributed by atoms with E-state index >= 15 is 0 Å². The number of rotatable bonds is 7. The Morgan fingerprint density at radius 1 is 1.19 bits per heavy atom. The molecule has 2 aliphatic rings. The van der Waals surface area contributed by atoms with Crippen LogP contribution in [0, 0.1) is 0 Å². The predicted octanol–water partition coefficient (Wildman–Crippen LogP) is 5.46. The molecule has 4 rings (SSSR count). The van der Waals surface area contributed by atoms with Crippen molar-refractivity contribution in [3.63, 3.8) is 0 Å². The van der Waals surface area contributed by atoms with E-state index in [-0.39, 0.29) is 0 Å². The van der Waals surface area contributed by atoms with E-state index in [4.69, 9.17) is 15.5 Å². The zero-order valence-corrected chi connectivity index (χ0v) is 16.6. The maximum absolute atomic E-state index is 6.11. The van der Waals surface area contributed by atoms with E-state index in [2.05, 4.69) is 25.1 Å². The van der Waals surface area contributed by atoms with Crippen molar-refractivity contribution in [1.29, 1.82) is 0 Å². The van der Waals surface area contributed by atoms with Gasteiger partial charge in [-0.05, 0) is 61.1 Å². The Kier molecular flexibility index (Phi) is 5.60. The number of nitrogens with zero attached hydrogens (tertiary/aromatic N) is 1. The van der Waals surface area contributed by atoms with Crippen LogP contribution in [0.1, 0.15) is 74.6 Å². The summed E-state index contributed by atoms with van der Waals surface area (Å²) >= 11 is 1.73. The Balaban J connectivity index is 1.46. The topological polar surface area (TPSA) is 48.1 Å². The molecule has 2 aliphatic carbocycles. The van der Waals surface area contributed by atoms with Gasteiger partial charge < -0.3 is 10.5 Å². The Morgan fingerprint density at radius 2 is 2.12 bits per heavy atom. The summed E-state index contributed by atoms with van der Waals surface area (Å²) in [4.78, 5) is 6.08. The summed E-state index contributed by atoms with van der Waals surface area (Å²) in [7, 11) is 0. The number of fused-ring (bicyclic) bond motifs is 3. The average Bonchev–Trinajstić information content (AvgIpc) is 3.27. The number of benzene rings is 1. The molecule has 1 fully saturated rings. The standard InChI is InChI=1S/C22H30N2OS/c1-2-3-4-5-12-25-22-24-20-11-8-17-13-15(16-6-9-18(23)14-16)7-10-19(17)21(20)26-22/h7,10,13,16,18H,2-6,8-9,11-12,14,23H2,1H3. The molecule has 1 heterocycles. The van der Waals surface area contributed by atoms with Crippen molar-refractivity contribution in [3.05, 3.63) is 35.0 Å². The van der Waals surface area contributed by atoms with Crippen molar-refractivity contribution >= 4 is 11.3 Å². The second-order valence-corrected chi connectivity index (χ2v) is 8.81. The molecule has 3 nitrogen and oxygen atoms in total. The summed E-state index contributed by atoms with van der Waals surface area (Å²) < 4.78 is 5.93. The van der Waals surface area contributed by atoms with E-state index in [0.29, 0.717) is 12.0 Å². The zero-order valence-electron chi connectivity index (χ0n) is 15.8. The number of hydrogen-bond donors (Lipinski definition) is 1. The van der Waals surface area contributed by atoms with Gasteiger partial charge in [-0.25, -0.2) is 4.98 Å². The molecule has 1 aromatic carbocycles. The molecule has 1 saturated carbocycles. The fourth-order valence-electron chi connectivity index (χ4n) is 4.33. The maximum atomic E-state index is 6.11. The minimum Gasteiger partial charge on any atom is -0.470 e. The molecule has 0 radical (unpaired) electrons. The third-order valence-electron chi connectivity index (χ3n) is 5.85. The summed E-state index contributed by atoms with van der Waals surface area (Å²) in [5.41, 5.74) is 11.7. The summed E-state index contributed by atoms with van der Waals surface area (Å²) in [5, 5.41) is 0.852. The highest BCUT2D eigenvalue weighted by Crippen LogP contribution is 2.42. The van der Waals surface area contributed by atoms with Crippen LogP contribution in [0.5, 0.6) is 5.19 Å². The summed E-state index contributed by atoms with van der Waals surface area (Å²) in [6.45, 7) is 3.03. The van der Waals surface area contributed by atoms with Crippen LogP contribution in [0.25, 0.3) is 10.4 Å². The first-order valence-corrected chi connectivity index (χ1v) is 11.1. The number of unbranched alkanes of at least 4 members (excludes halogenated alkanes) is 3. The van der Waals surface area contributed by atoms with Gasteiger partial charge in [0.25, 0.3) is 5.19 Å². The summed E-state index contributed by atoms with van der Waals surface area (Å²) in [6.07, 6.45) is 10.6. The van der Waals surface area contributed by atoms with Gasteiger partial charge in [-0.1, -0.05) is 55.7 Å². The fourth-order valence-corrected chi connectivity index (χ4v) is 5.38. The number of hydrogen-bond acceptors (Lipinski definition) is 4. The maximum Gasteiger partial charge on any atom is 0.273 e. The SMILES string of the molecule is CCCCCCOc1nc2c(s1)-c1ccc(C3CCC(N)C3)cc1CC2. The third kappa shape index (κ3) is 3.81. The van der Waals surface area contributed by atoms with E-state index in [1.807, 2.05) is 0 Å². The van der Waals surface area contributed by atoms with E-state index in [1.54, 1.807) is 11.3 Å². The molecule has 0 bridgehead atoms. The largest absolute Gasteiger partial charge is 0.470 e. The molecular weight excluding hydrogens is 340 g/mol. The van der Waals surface area contributed by atoms with Gasteiger partial charge in [0.1, 0.15) is 0 Å². The van der Waals surface area contributed by atoms with Crippen LogP contribution >= 0.6 is 11.3 Å². The molecule has 140 valence electrons. The van der Waals surface area contributed by atoms with Crippen LogP contribution in [-0.2, 0) is 12.8 Å². The number of aryl methyl sites for hydroxylation is 2. The average molecular weight is 371 g/mol. The van der Waals surface area contributed by atoms with E-state index in [9.17, 15) is 0 Å². The second kappa shape index (κ2) is 8.10. The molecular formula is C22H30N2OS. The smallest absolute Gasteiger partial charge is 0.273 e. The van der Waals surface area contributed by atoms with Crippen LogP contribution in [0.2, 0.25) is 0 Å². The predicted molar refractivity (Wildman–Crippen MR) is 109 cm³/mol. The van der Waals surface area contributed by atoms with Crippen LogP contribution < -0.4 is 10.5 Å². The van der Waals surface area contributed by atoms with Gasteiger partial charge in [-0.3, -0.25) is 0 Å². The first-order valence-electron chi connectivity index (χ1n) is 10.3. The van der Waals surface area contributed by atoms with Gasteiger partial charge in [0.15, 0.2) is 0 Å². The van der Waals surface area contributed by atoms with Crippen molar-refractivity contribution < 1.29 is 4.74 Å². The molecule has 2 unspecified atom stereocenters. The van der Waals surface area contributed by atoms with E-state index in [1.165, 1.54) is 59.4 Å². The van der Waals surface area contributed by atoms with Gasteiger partial charge in [-0.15, -0.1) is 0 Å². The lowest BCUT2D eigenvalue weighted by Crippen LogP contribution is -2.14. The molecule has 0 aliphatic heterocycles. The Labute approximate surface area is 161 Å². The van der Waals surface area contributed by atoms with Crippen LogP contribution in [-0.4, -0.2) is 17.6 Å². The molecule has 0 amide bonds. The lowest BCUT2D eigenvalue weighted by Gasteiger charge is -2.18. The summed E-state index contributed by atoms with van der Waals surface area (Å²) in [5.74, 6) is 0.653. The molecule has 0 saturated heterocycles. The first-order chi connectivity index (χ1) is 12.7. The molecule has 2 atom stereocenters. The fraction of sp³-hybridized carbons (Fsp3) is 0.591. The molecule has 26 heavy (non-hydrogen) atoms. The molecule has 0 spiro atoms. The number of thiazole rings is 1. The monoisotopic (exact) mass is 370 g/mol. The Morgan fingerprint density at radius 3 is 2.92 bits per heavy atom. The second-order valence-electron chi connectivity index (χ2n) is 7.85. The van der Waals surface area contributed by atoms with E-state index < -0.39 is 0 Å². The van der Waals surface area contributed by atoms with Gasteiger partial charge in [-0.2, -0.15) is 0 Å². The van der Waals surface area contributed by atoms with Gasteiger partial charge in [0.05, 0.1) is 17.2 Å². The van der Waals surface area contributed by atoms with Crippen molar-refractivity contribution in [3.8, 4) is 15.6 Å². The van der Waals surface area contributed by atoms with Crippen molar-refractivity contribution in [2.24, 2.45) is 5.73 Å². The lowest BCUT2D eigenvalue weighted by atomic mass is 9.88. The number of aromatic nitrogens is 1. The Hall–Kier alpha value is -1.39.